The van der Waals surface area contributed by atoms with Crippen LogP contribution >= 0.6 is 11.8 Å². The zero-order chi connectivity index (χ0) is 16.2. The first-order chi connectivity index (χ1) is 11.1. The van der Waals surface area contributed by atoms with Crippen molar-refractivity contribution in [3.8, 4) is 0 Å². The van der Waals surface area contributed by atoms with E-state index in [4.69, 9.17) is 4.42 Å². The predicted molar refractivity (Wildman–Crippen MR) is 85.4 cm³/mol. The summed E-state index contributed by atoms with van der Waals surface area (Å²) in [5, 5.41) is 8.62. The normalized spacial score (nSPS) is 11.4. The van der Waals surface area contributed by atoms with E-state index in [2.05, 4.69) is 25.6 Å². The molecule has 0 radical (unpaired) electrons. The molecule has 0 atom stereocenters. The largest absolute Gasteiger partial charge is 0.463 e. The van der Waals surface area contributed by atoms with E-state index in [1.807, 2.05) is 19.9 Å². The van der Waals surface area contributed by atoms with E-state index in [1.165, 1.54) is 24.2 Å². The Balaban J connectivity index is 1.57. The van der Waals surface area contributed by atoms with Gasteiger partial charge in [-0.05, 0) is 32.0 Å². The van der Waals surface area contributed by atoms with Crippen molar-refractivity contribution >= 4 is 29.7 Å². The van der Waals surface area contributed by atoms with Gasteiger partial charge >= 0.3 is 0 Å². The molecule has 0 saturated carbocycles. The lowest BCUT2D eigenvalue weighted by Gasteiger charge is -1.97. The second-order valence-corrected chi connectivity index (χ2v) is 5.68. The Bertz CT molecular complexity index is 856. The number of aromatic nitrogens is 4. The lowest BCUT2D eigenvalue weighted by Crippen LogP contribution is -2.19. The molecular weight excluding hydrogens is 316 g/mol. The molecule has 0 bridgehead atoms. The Morgan fingerprint density at radius 2 is 2.35 bits per heavy atom. The van der Waals surface area contributed by atoms with Crippen molar-refractivity contribution in [3.63, 3.8) is 0 Å². The van der Waals surface area contributed by atoms with E-state index >= 15 is 0 Å². The predicted octanol–water partition coefficient (Wildman–Crippen LogP) is 1.58. The van der Waals surface area contributed by atoms with Crippen molar-refractivity contribution in [2.45, 2.75) is 19.0 Å². The summed E-state index contributed by atoms with van der Waals surface area (Å²) in [6, 6.07) is 5.40. The van der Waals surface area contributed by atoms with E-state index < -0.39 is 0 Å². The summed E-state index contributed by atoms with van der Waals surface area (Å²) in [6.45, 7) is 3.83. The van der Waals surface area contributed by atoms with Gasteiger partial charge in [0.15, 0.2) is 0 Å². The van der Waals surface area contributed by atoms with Gasteiger partial charge in [-0.1, -0.05) is 11.8 Å². The highest BCUT2D eigenvalue weighted by atomic mass is 32.2. The molecule has 0 fully saturated rings. The number of carbonyl (C=O) groups is 1. The van der Waals surface area contributed by atoms with Gasteiger partial charge in [-0.25, -0.2) is 14.9 Å². The van der Waals surface area contributed by atoms with Gasteiger partial charge in [0.25, 0.3) is 11.7 Å². The van der Waals surface area contributed by atoms with Crippen LogP contribution in [0, 0.1) is 13.8 Å². The molecule has 3 aromatic rings. The number of carbonyl (C=O) groups excluding carboxylic acids is 1. The van der Waals surface area contributed by atoms with Crippen LogP contribution in [0.25, 0.3) is 5.78 Å². The molecule has 0 saturated heterocycles. The zero-order valence-corrected chi connectivity index (χ0v) is 13.4. The molecule has 8 nitrogen and oxygen atoms in total. The molecule has 118 valence electrons. The highest BCUT2D eigenvalue weighted by Gasteiger charge is 2.10. The maximum Gasteiger partial charge on any atom is 0.253 e. The van der Waals surface area contributed by atoms with Gasteiger partial charge in [0.05, 0.1) is 18.2 Å². The number of nitrogens with one attached hydrogen (secondary N) is 1. The lowest BCUT2D eigenvalue weighted by atomic mass is 10.4. The number of amides is 1. The first-order valence-electron chi connectivity index (χ1n) is 6.81. The summed E-state index contributed by atoms with van der Waals surface area (Å²) < 4.78 is 6.72. The topological polar surface area (TPSA) is 97.7 Å². The summed E-state index contributed by atoms with van der Waals surface area (Å²) in [4.78, 5) is 20.3. The highest BCUT2D eigenvalue weighted by Crippen LogP contribution is 2.14. The molecule has 0 aliphatic heterocycles. The molecular formula is C14H14N6O2S. The highest BCUT2D eigenvalue weighted by molar-refractivity contribution is 7.99. The van der Waals surface area contributed by atoms with Crippen molar-refractivity contribution in [1.82, 2.24) is 25.0 Å². The van der Waals surface area contributed by atoms with Gasteiger partial charge in [-0.15, -0.1) is 5.10 Å². The third kappa shape index (κ3) is 3.75. The standard InChI is InChI=1S/C14H14N6O2S/c1-9-6-10(2)20-13(16-9)17-14(19-20)23-8-12(21)18-15-7-11-4-3-5-22-11/h3-7H,8H2,1-2H3,(H,18,21). The molecule has 1 amide bonds. The fourth-order valence-corrected chi connectivity index (χ4v) is 2.51. The summed E-state index contributed by atoms with van der Waals surface area (Å²) >= 11 is 1.22. The summed E-state index contributed by atoms with van der Waals surface area (Å²) in [5.74, 6) is 1.00. The number of aryl methyl sites for hydroxylation is 2. The van der Waals surface area contributed by atoms with Gasteiger partial charge in [-0.3, -0.25) is 4.79 Å². The molecule has 0 aliphatic rings. The number of hydrogen-bond donors (Lipinski definition) is 1. The molecule has 9 heteroatoms. The average Bonchev–Trinajstić information content (AvgIpc) is 3.14. The van der Waals surface area contributed by atoms with Crippen molar-refractivity contribution < 1.29 is 9.21 Å². The van der Waals surface area contributed by atoms with Crippen LogP contribution in [0.3, 0.4) is 0 Å². The van der Waals surface area contributed by atoms with Crippen LogP contribution in [0.1, 0.15) is 17.1 Å². The van der Waals surface area contributed by atoms with E-state index in [9.17, 15) is 4.79 Å². The second kappa shape index (κ2) is 6.61. The van der Waals surface area contributed by atoms with E-state index in [0.29, 0.717) is 16.7 Å². The summed E-state index contributed by atoms with van der Waals surface area (Å²) in [6.07, 6.45) is 2.97. The molecule has 0 unspecified atom stereocenters. The molecule has 1 N–H and O–H groups in total. The number of thioether (sulfide) groups is 1. The smallest absolute Gasteiger partial charge is 0.253 e. The zero-order valence-electron chi connectivity index (χ0n) is 12.6. The quantitative estimate of drug-likeness (QED) is 0.433. The number of hydrazone groups is 1. The molecule has 23 heavy (non-hydrogen) atoms. The molecule has 0 aliphatic carbocycles. The Kier molecular flexibility index (Phi) is 4.38. The molecule has 0 aromatic carbocycles. The summed E-state index contributed by atoms with van der Waals surface area (Å²) in [7, 11) is 0. The Morgan fingerprint density at radius 3 is 3.13 bits per heavy atom. The van der Waals surface area contributed by atoms with E-state index in [1.54, 1.807) is 16.6 Å². The minimum atomic E-state index is -0.252. The third-order valence-electron chi connectivity index (χ3n) is 2.86. The minimum Gasteiger partial charge on any atom is -0.463 e. The van der Waals surface area contributed by atoms with E-state index in [-0.39, 0.29) is 11.7 Å². The third-order valence-corrected chi connectivity index (χ3v) is 3.69. The molecule has 3 aromatic heterocycles. The van der Waals surface area contributed by atoms with Crippen molar-refractivity contribution in [2.24, 2.45) is 5.10 Å². The first-order valence-corrected chi connectivity index (χ1v) is 7.79. The van der Waals surface area contributed by atoms with Crippen molar-refractivity contribution in [3.05, 3.63) is 41.6 Å². The first kappa shape index (κ1) is 15.2. The van der Waals surface area contributed by atoms with Gasteiger partial charge in [0, 0.05) is 11.4 Å². The maximum absolute atomic E-state index is 11.7. The van der Waals surface area contributed by atoms with Crippen molar-refractivity contribution in [2.75, 3.05) is 5.75 Å². The number of fused-ring (bicyclic) bond motifs is 1. The van der Waals surface area contributed by atoms with Crippen LogP contribution in [0.5, 0.6) is 0 Å². The van der Waals surface area contributed by atoms with Crippen LogP contribution < -0.4 is 5.43 Å². The van der Waals surface area contributed by atoms with Crippen LogP contribution in [0.2, 0.25) is 0 Å². The minimum absolute atomic E-state index is 0.157. The molecule has 0 spiro atoms. The van der Waals surface area contributed by atoms with Crippen LogP contribution in [-0.2, 0) is 4.79 Å². The SMILES string of the molecule is Cc1cc(C)n2nc(SCC(=O)NN=Cc3ccco3)nc2n1. The van der Waals surface area contributed by atoms with Gasteiger partial charge < -0.3 is 4.42 Å². The fraction of sp³-hybridized carbons (Fsp3) is 0.214. The maximum atomic E-state index is 11.7. The Hall–Kier alpha value is -2.68. The average molecular weight is 330 g/mol. The monoisotopic (exact) mass is 330 g/mol. The van der Waals surface area contributed by atoms with Crippen LogP contribution in [0.4, 0.5) is 0 Å². The number of hydrogen-bond acceptors (Lipinski definition) is 7. The summed E-state index contributed by atoms with van der Waals surface area (Å²) in [5.41, 5.74) is 4.24. The Morgan fingerprint density at radius 1 is 1.48 bits per heavy atom. The number of furan rings is 1. The van der Waals surface area contributed by atoms with E-state index in [0.717, 1.165) is 11.4 Å². The van der Waals surface area contributed by atoms with Crippen LogP contribution in [0.15, 0.2) is 39.1 Å². The Labute approximate surface area is 136 Å². The lowest BCUT2D eigenvalue weighted by molar-refractivity contribution is -0.118. The fourth-order valence-electron chi connectivity index (χ4n) is 1.90. The molecule has 3 heterocycles. The molecule has 3 rings (SSSR count). The van der Waals surface area contributed by atoms with Gasteiger partial charge in [0.1, 0.15) is 5.76 Å². The van der Waals surface area contributed by atoms with Gasteiger partial charge in [0.2, 0.25) is 5.16 Å². The van der Waals surface area contributed by atoms with Gasteiger partial charge in [-0.2, -0.15) is 10.1 Å². The second-order valence-electron chi connectivity index (χ2n) is 4.74. The number of rotatable bonds is 5. The van der Waals surface area contributed by atoms with Crippen LogP contribution in [-0.4, -0.2) is 37.5 Å². The van der Waals surface area contributed by atoms with Crippen molar-refractivity contribution in [1.29, 1.82) is 0 Å². The number of nitrogens with zero attached hydrogens (tertiary/aromatic N) is 5.